The van der Waals surface area contributed by atoms with Crippen LogP contribution in [0.3, 0.4) is 0 Å². The van der Waals surface area contributed by atoms with Crippen LogP contribution in [0, 0.1) is 5.92 Å². The molecule has 1 fully saturated rings. The second-order valence-corrected chi connectivity index (χ2v) is 6.69. The highest BCUT2D eigenvalue weighted by molar-refractivity contribution is 6.06. The average molecular weight is 366 g/mol. The molecule has 2 aliphatic heterocycles. The van der Waals surface area contributed by atoms with Gasteiger partial charge < -0.3 is 23.7 Å². The van der Waals surface area contributed by atoms with Crippen LogP contribution in [-0.2, 0) is 16.0 Å². The Morgan fingerprint density at radius 2 is 1.85 bits per heavy atom. The summed E-state index contributed by atoms with van der Waals surface area (Å²) in [6, 6.07) is 9.62. The summed E-state index contributed by atoms with van der Waals surface area (Å²) in [7, 11) is 3.19. The molecule has 1 saturated heterocycles. The molecule has 0 spiro atoms. The third-order valence-electron chi connectivity index (χ3n) is 5.33. The van der Waals surface area contributed by atoms with Crippen LogP contribution in [0.15, 0.2) is 35.9 Å². The number of ether oxygens (including phenoxy) is 5. The molecule has 0 radical (unpaired) electrons. The molecule has 138 valence electrons. The first-order valence-electron chi connectivity index (χ1n) is 8.76. The molecule has 2 aromatic rings. The third-order valence-corrected chi connectivity index (χ3v) is 5.33. The van der Waals surface area contributed by atoms with Gasteiger partial charge in [-0.05, 0) is 35.7 Å². The van der Waals surface area contributed by atoms with Gasteiger partial charge in [0.15, 0.2) is 23.0 Å². The van der Waals surface area contributed by atoms with Crippen LogP contribution < -0.4 is 18.9 Å². The van der Waals surface area contributed by atoms with Crippen LogP contribution in [0.1, 0.15) is 16.7 Å². The Hall–Kier alpha value is -3.15. The molecule has 0 aromatic heterocycles. The molecule has 27 heavy (non-hydrogen) atoms. The molecular weight excluding hydrogens is 348 g/mol. The first-order valence-corrected chi connectivity index (χ1v) is 8.76. The van der Waals surface area contributed by atoms with Crippen molar-refractivity contribution in [3.8, 4) is 23.0 Å². The van der Waals surface area contributed by atoms with E-state index in [1.165, 1.54) is 0 Å². The molecule has 1 aliphatic carbocycles. The number of hydrogen-bond donors (Lipinski definition) is 0. The highest BCUT2D eigenvalue weighted by atomic mass is 16.7. The number of fused-ring (bicyclic) bond motifs is 4. The van der Waals surface area contributed by atoms with Gasteiger partial charge in [-0.3, -0.25) is 0 Å². The van der Waals surface area contributed by atoms with Gasteiger partial charge in [-0.1, -0.05) is 12.1 Å². The van der Waals surface area contributed by atoms with Crippen molar-refractivity contribution < 1.29 is 28.5 Å². The van der Waals surface area contributed by atoms with Crippen LogP contribution in [0.4, 0.5) is 0 Å². The molecule has 6 nitrogen and oxygen atoms in total. The van der Waals surface area contributed by atoms with E-state index in [1.54, 1.807) is 14.2 Å². The molecule has 0 amide bonds. The highest BCUT2D eigenvalue weighted by Gasteiger charge is 2.41. The zero-order valence-corrected chi connectivity index (χ0v) is 15.0. The fraction of sp³-hybridized carbons (Fsp3) is 0.286. The number of cyclic esters (lactones) is 1. The predicted octanol–water partition coefficient (Wildman–Crippen LogP) is 2.96. The van der Waals surface area contributed by atoms with E-state index >= 15 is 0 Å². The Balaban J connectivity index is 1.80. The zero-order valence-electron chi connectivity index (χ0n) is 15.0. The van der Waals surface area contributed by atoms with E-state index < -0.39 is 0 Å². The van der Waals surface area contributed by atoms with Crippen molar-refractivity contribution in [3.63, 3.8) is 0 Å². The minimum Gasteiger partial charge on any atom is -0.493 e. The van der Waals surface area contributed by atoms with Crippen molar-refractivity contribution in [1.82, 2.24) is 0 Å². The summed E-state index contributed by atoms with van der Waals surface area (Å²) in [5, 5.41) is 0. The number of methoxy groups -OCH3 is 2. The number of carbonyl (C=O) groups is 1. The standard InChI is InChI=1S/C21H18O6/c1-23-14-5-3-12(8-16(14)24-2)17-18-11(4-6-15-20(18)27-10-26-15)7-13-9-25-21(22)19(13)17/h3-6,8,13H,7,9-10H2,1-2H3/t13-/m1/s1. The van der Waals surface area contributed by atoms with Crippen LogP contribution in [-0.4, -0.2) is 33.6 Å². The van der Waals surface area contributed by atoms with E-state index in [0.717, 1.165) is 28.7 Å². The first kappa shape index (κ1) is 16.1. The van der Waals surface area contributed by atoms with Gasteiger partial charge >= 0.3 is 5.97 Å². The molecule has 0 bridgehead atoms. The summed E-state index contributed by atoms with van der Waals surface area (Å²) in [6.45, 7) is 0.576. The molecule has 3 aliphatic rings. The largest absolute Gasteiger partial charge is 0.493 e. The first-order chi connectivity index (χ1) is 13.2. The Morgan fingerprint density at radius 1 is 1.00 bits per heavy atom. The van der Waals surface area contributed by atoms with Gasteiger partial charge in [0.2, 0.25) is 6.79 Å². The molecule has 0 N–H and O–H groups in total. The highest BCUT2D eigenvalue weighted by Crippen LogP contribution is 2.50. The topological polar surface area (TPSA) is 63.2 Å². The Labute approximate surface area is 156 Å². The van der Waals surface area contributed by atoms with Gasteiger partial charge in [-0.15, -0.1) is 0 Å². The zero-order chi connectivity index (χ0) is 18.5. The van der Waals surface area contributed by atoms with E-state index in [4.69, 9.17) is 23.7 Å². The number of rotatable bonds is 3. The minimum absolute atomic E-state index is 0.0356. The number of esters is 1. The third kappa shape index (κ3) is 2.29. The number of carbonyl (C=O) groups excluding carboxylic acids is 1. The summed E-state index contributed by atoms with van der Waals surface area (Å²) in [5.74, 6) is 2.37. The predicted molar refractivity (Wildman–Crippen MR) is 96.3 cm³/mol. The van der Waals surface area contributed by atoms with Gasteiger partial charge in [-0.25, -0.2) is 4.79 Å². The van der Waals surface area contributed by atoms with E-state index in [2.05, 4.69) is 0 Å². The Morgan fingerprint density at radius 3 is 2.67 bits per heavy atom. The van der Waals surface area contributed by atoms with Gasteiger partial charge in [0.05, 0.1) is 26.4 Å². The molecule has 5 rings (SSSR count). The minimum atomic E-state index is -0.271. The molecule has 0 saturated carbocycles. The quantitative estimate of drug-likeness (QED) is 0.779. The van der Waals surface area contributed by atoms with Crippen molar-refractivity contribution in [3.05, 3.63) is 52.6 Å². The average Bonchev–Trinajstić information content (AvgIpc) is 3.32. The van der Waals surface area contributed by atoms with Crippen LogP contribution in [0.5, 0.6) is 23.0 Å². The summed E-state index contributed by atoms with van der Waals surface area (Å²) >= 11 is 0. The Kier molecular flexibility index (Phi) is 3.53. The van der Waals surface area contributed by atoms with Gasteiger partial charge in [0.1, 0.15) is 0 Å². The normalized spacial score (nSPS) is 19.5. The lowest BCUT2D eigenvalue weighted by atomic mass is 9.77. The van der Waals surface area contributed by atoms with Gasteiger partial charge in [0, 0.05) is 17.1 Å². The summed E-state index contributed by atoms with van der Waals surface area (Å²) in [6.07, 6.45) is 0.740. The molecule has 6 heteroatoms. The van der Waals surface area contributed by atoms with Crippen molar-refractivity contribution in [1.29, 1.82) is 0 Å². The maximum atomic E-state index is 12.6. The summed E-state index contributed by atoms with van der Waals surface area (Å²) < 4.78 is 27.5. The van der Waals surface area contributed by atoms with Crippen molar-refractivity contribution in [2.45, 2.75) is 6.42 Å². The van der Waals surface area contributed by atoms with E-state index in [9.17, 15) is 4.79 Å². The van der Waals surface area contributed by atoms with E-state index in [-0.39, 0.29) is 18.7 Å². The maximum Gasteiger partial charge on any atom is 0.335 e. The molecule has 2 heterocycles. The SMILES string of the molecule is COc1ccc(C2=C3C(=O)OC[C@H]3Cc3ccc4c(c32)OCO4)cc1OC. The molecule has 2 aromatic carbocycles. The van der Waals surface area contributed by atoms with Crippen molar-refractivity contribution in [2.24, 2.45) is 5.92 Å². The lowest BCUT2D eigenvalue weighted by molar-refractivity contribution is -0.135. The monoisotopic (exact) mass is 366 g/mol. The number of benzene rings is 2. The van der Waals surface area contributed by atoms with Crippen molar-refractivity contribution >= 4 is 11.5 Å². The van der Waals surface area contributed by atoms with Gasteiger partial charge in [0.25, 0.3) is 0 Å². The smallest absolute Gasteiger partial charge is 0.335 e. The molecular formula is C21H18O6. The fourth-order valence-corrected chi connectivity index (χ4v) is 4.12. The maximum absolute atomic E-state index is 12.6. The van der Waals surface area contributed by atoms with Crippen LogP contribution in [0.25, 0.3) is 5.57 Å². The second-order valence-electron chi connectivity index (χ2n) is 6.69. The van der Waals surface area contributed by atoms with Crippen molar-refractivity contribution in [2.75, 3.05) is 27.6 Å². The lowest BCUT2D eigenvalue weighted by Gasteiger charge is -2.25. The van der Waals surface area contributed by atoms with Gasteiger partial charge in [-0.2, -0.15) is 0 Å². The molecule has 0 unspecified atom stereocenters. The summed E-state index contributed by atoms with van der Waals surface area (Å²) in [5.41, 5.74) is 4.40. The molecule has 1 atom stereocenters. The fourth-order valence-electron chi connectivity index (χ4n) is 4.12. The summed E-state index contributed by atoms with van der Waals surface area (Å²) in [4.78, 5) is 12.6. The number of hydrogen-bond acceptors (Lipinski definition) is 6. The lowest BCUT2D eigenvalue weighted by Crippen LogP contribution is -2.17. The van der Waals surface area contributed by atoms with E-state index in [1.807, 2.05) is 30.3 Å². The Bertz CT molecular complexity index is 990. The second kappa shape index (κ2) is 5.94. The van der Waals surface area contributed by atoms with Crippen LogP contribution >= 0.6 is 0 Å². The van der Waals surface area contributed by atoms with Crippen LogP contribution in [0.2, 0.25) is 0 Å². The van der Waals surface area contributed by atoms with E-state index in [0.29, 0.717) is 35.2 Å².